The van der Waals surface area contributed by atoms with E-state index >= 15 is 0 Å². The fraction of sp³-hybridized carbons (Fsp3) is 0.267. The molecule has 3 heterocycles. The van der Waals surface area contributed by atoms with E-state index in [0.717, 1.165) is 46.7 Å². The molecule has 1 fully saturated rings. The fourth-order valence-electron chi connectivity index (χ4n) is 5.43. The summed E-state index contributed by atoms with van der Waals surface area (Å²) >= 11 is 5.91. The molecule has 2 aromatic heterocycles. The maximum atomic E-state index is 11.9. The minimum absolute atomic E-state index is 0.218. The smallest absolute Gasteiger partial charge is 0.229 e. The molecule has 208 valence electrons. The van der Waals surface area contributed by atoms with Gasteiger partial charge in [0.2, 0.25) is 10.0 Å². The third-order valence-electron chi connectivity index (χ3n) is 7.25. The van der Waals surface area contributed by atoms with Crippen LogP contribution in [0.25, 0.3) is 5.69 Å². The molecular formula is C30H33N5O3S2. The van der Waals surface area contributed by atoms with Crippen LogP contribution >= 0.6 is 12.2 Å². The van der Waals surface area contributed by atoms with Crippen molar-refractivity contribution in [3.8, 4) is 11.4 Å². The van der Waals surface area contributed by atoms with Crippen LogP contribution in [0.3, 0.4) is 0 Å². The van der Waals surface area contributed by atoms with Gasteiger partial charge in [0.05, 0.1) is 36.8 Å². The second kappa shape index (κ2) is 10.9. The van der Waals surface area contributed by atoms with Crippen LogP contribution in [0.1, 0.15) is 47.2 Å². The Bertz CT molecular complexity index is 1650. The van der Waals surface area contributed by atoms with Crippen molar-refractivity contribution in [2.45, 2.75) is 39.3 Å². The molecule has 2 atom stereocenters. The van der Waals surface area contributed by atoms with E-state index in [9.17, 15) is 8.42 Å². The molecule has 4 aromatic rings. The average molecular weight is 576 g/mol. The lowest BCUT2D eigenvalue weighted by molar-refractivity contribution is 0.417. The van der Waals surface area contributed by atoms with Crippen LogP contribution in [0.5, 0.6) is 5.75 Å². The second-order valence-corrected chi connectivity index (χ2v) is 12.1. The standard InChI is InChI=1S/C30H33N5O3S2/c1-6-21-10-12-22(13-11-21)34-19(2)17-24(20(34)3)29-28(26-9-7-8-16-31-26)32-30(39)35(29)23-14-15-25(27(18-23)38-4)33-40(5,36)37/h7-18,28-29,33H,6H2,1-5H3,(H,32,39)/t28-,29+/m1/s1. The molecule has 0 radical (unpaired) electrons. The first-order chi connectivity index (χ1) is 19.1. The summed E-state index contributed by atoms with van der Waals surface area (Å²) in [5.41, 5.74) is 7.72. The van der Waals surface area contributed by atoms with Crippen molar-refractivity contribution in [2.75, 3.05) is 23.0 Å². The van der Waals surface area contributed by atoms with Gasteiger partial charge in [0.15, 0.2) is 5.11 Å². The van der Waals surface area contributed by atoms with Gasteiger partial charge in [0, 0.05) is 35.0 Å². The molecule has 10 heteroatoms. The lowest BCUT2D eigenvalue weighted by Crippen LogP contribution is -2.29. The van der Waals surface area contributed by atoms with Gasteiger partial charge in [-0.1, -0.05) is 25.1 Å². The first-order valence-electron chi connectivity index (χ1n) is 13.1. The number of benzene rings is 2. The third kappa shape index (κ3) is 5.29. The lowest BCUT2D eigenvalue weighted by Gasteiger charge is -2.29. The molecule has 0 unspecified atom stereocenters. The highest BCUT2D eigenvalue weighted by molar-refractivity contribution is 7.92. The number of thiocarbonyl (C=S) groups is 1. The van der Waals surface area contributed by atoms with Crippen LogP contribution in [0.2, 0.25) is 0 Å². The summed E-state index contributed by atoms with van der Waals surface area (Å²) < 4.78 is 34.2. The lowest BCUT2D eigenvalue weighted by atomic mass is 9.96. The van der Waals surface area contributed by atoms with Crippen LogP contribution in [0.15, 0.2) is 72.9 Å². The van der Waals surface area contributed by atoms with Gasteiger partial charge in [-0.2, -0.15) is 0 Å². The monoisotopic (exact) mass is 575 g/mol. The van der Waals surface area contributed by atoms with E-state index in [1.54, 1.807) is 18.3 Å². The van der Waals surface area contributed by atoms with Crippen molar-refractivity contribution in [3.63, 3.8) is 0 Å². The Morgan fingerprint density at radius 2 is 1.77 bits per heavy atom. The molecule has 40 heavy (non-hydrogen) atoms. The van der Waals surface area contributed by atoms with E-state index in [0.29, 0.717) is 16.5 Å². The number of sulfonamides is 1. The van der Waals surface area contributed by atoms with Gasteiger partial charge >= 0.3 is 0 Å². The molecule has 5 rings (SSSR count). The predicted octanol–water partition coefficient (Wildman–Crippen LogP) is 5.61. The van der Waals surface area contributed by atoms with Crippen molar-refractivity contribution in [1.82, 2.24) is 14.9 Å². The van der Waals surface area contributed by atoms with Crippen LogP contribution < -0.4 is 19.7 Å². The minimum Gasteiger partial charge on any atom is -0.494 e. The number of hydrogen-bond acceptors (Lipinski definition) is 5. The number of aromatic nitrogens is 2. The summed E-state index contributed by atoms with van der Waals surface area (Å²) in [7, 11) is -1.97. The first-order valence-corrected chi connectivity index (χ1v) is 15.4. The Kier molecular flexibility index (Phi) is 7.57. The summed E-state index contributed by atoms with van der Waals surface area (Å²) in [6, 6.07) is 21.6. The number of nitrogens with zero attached hydrogens (tertiary/aromatic N) is 3. The maximum absolute atomic E-state index is 11.9. The molecule has 0 bridgehead atoms. The number of nitrogens with one attached hydrogen (secondary N) is 2. The zero-order valence-corrected chi connectivity index (χ0v) is 24.8. The van der Waals surface area contributed by atoms with Crippen molar-refractivity contribution in [3.05, 3.63) is 101 Å². The van der Waals surface area contributed by atoms with Crippen molar-refractivity contribution < 1.29 is 13.2 Å². The number of methoxy groups -OCH3 is 1. The van der Waals surface area contributed by atoms with Crippen molar-refractivity contribution in [2.24, 2.45) is 0 Å². The summed E-state index contributed by atoms with van der Waals surface area (Å²) in [6.45, 7) is 6.39. The van der Waals surface area contributed by atoms with E-state index in [4.69, 9.17) is 17.0 Å². The van der Waals surface area contributed by atoms with Crippen LogP contribution in [-0.4, -0.2) is 36.4 Å². The fourth-order valence-corrected chi connectivity index (χ4v) is 6.34. The highest BCUT2D eigenvalue weighted by Gasteiger charge is 2.42. The maximum Gasteiger partial charge on any atom is 0.229 e. The predicted molar refractivity (Wildman–Crippen MR) is 164 cm³/mol. The molecule has 8 nitrogen and oxygen atoms in total. The molecular weight excluding hydrogens is 542 g/mol. The van der Waals surface area contributed by atoms with Gasteiger partial charge in [-0.15, -0.1) is 0 Å². The average Bonchev–Trinajstić information content (AvgIpc) is 3.43. The highest BCUT2D eigenvalue weighted by Crippen LogP contribution is 2.45. The molecule has 0 amide bonds. The SMILES string of the molecule is CCc1ccc(-n2c(C)cc([C@H]3[C@@H](c4ccccn4)NC(=S)N3c3ccc(NS(C)(=O)=O)c(OC)c3)c2C)cc1. The zero-order chi connectivity index (χ0) is 28.6. The Morgan fingerprint density at radius 3 is 2.40 bits per heavy atom. The van der Waals surface area contributed by atoms with E-state index < -0.39 is 10.0 Å². The molecule has 1 aliphatic heterocycles. The highest BCUT2D eigenvalue weighted by atomic mass is 32.2. The molecule has 2 N–H and O–H groups in total. The van der Waals surface area contributed by atoms with Gasteiger partial charge in [0.1, 0.15) is 5.75 Å². The summed E-state index contributed by atoms with van der Waals surface area (Å²) in [5.74, 6) is 0.396. The van der Waals surface area contributed by atoms with E-state index in [1.807, 2.05) is 24.3 Å². The molecule has 0 aliphatic carbocycles. The largest absolute Gasteiger partial charge is 0.494 e. The number of hydrogen-bond donors (Lipinski definition) is 2. The van der Waals surface area contributed by atoms with E-state index in [2.05, 4.69) is 75.6 Å². The quantitative estimate of drug-likeness (QED) is 0.264. The second-order valence-electron chi connectivity index (χ2n) is 9.94. The van der Waals surface area contributed by atoms with Crippen molar-refractivity contribution in [1.29, 1.82) is 0 Å². The van der Waals surface area contributed by atoms with Gasteiger partial charge in [0.25, 0.3) is 0 Å². The number of aryl methyl sites for hydroxylation is 2. The Hall–Kier alpha value is -3.89. The van der Waals surface area contributed by atoms with E-state index in [1.165, 1.54) is 12.7 Å². The Balaban J connectivity index is 1.65. The van der Waals surface area contributed by atoms with E-state index in [-0.39, 0.29) is 12.1 Å². The Labute approximate surface area is 241 Å². The van der Waals surface area contributed by atoms with Gasteiger partial charge in [-0.3, -0.25) is 9.71 Å². The number of pyridine rings is 1. The topological polar surface area (TPSA) is 88.5 Å². The molecule has 2 aromatic carbocycles. The number of rotatable bonds is 8. The van der Waals surface area contributed by atoms with Gasteiger partial charge in [-0.05, 0) is 86.1 Å². The van der Waals surface area contributed by atoms with Gasteiger partial charge < -0.3 is 19.5 Å². The Morgan fingerprint density at radius 1 is 1.05 bits per heavy atom. The minimum atomic E-state index is -3.48. The summed E-state index contributed by atoms with van der Waals surface area (Å²) in [5, 5.41) is 4.05. The first kappa shape index (κ1) is 27.7. The zero-order valence-electron chi connectivity index (χ0n) is 23.2. The van der Waals surface area contributed by atoms with Crippen LogP contribution in [0.4, 0.5) is 11.4 Å². The van der Waals surface area contributed by atoms with Crippen LogP contribution in [0, 0.1) is 13.8 Å². The number of anilines is 2. The van der Waals surface area contributed by atoms with Gasteiger partial charge in [-0.25, -0.2) is 8.42 Å². The van der Waals surface area contributed by atoms with Crippen molar-refractivity contribution >= 4 is 38.7 Å². The summed E-state index contributed by atoms with van der Waals surface area (Å²) in [4.78, 5) is 6.73. The summed E-state index contributed by atoms with van der Waals surface area (Å²) in [6.07, 6.45) is 3.88. The molecule has 0 spiro atoms. The van der Waals surface area contributed by atoms with Crippen LogP contribution in [-0.2, 0) is 16.4 Å². The normalized spacial score (nSPS) is 17.1. The number of ether oxygens (including phenoxy) is 1. The molecule has 1 aliphatic rings. The molecule has 1 saturated heterocycles. The third-order valence-corrected chi connectivity index (χ3v) is 8.15. The molecule has 0 saturated carbocycles.